The molecule has 2 rings (SSSR count). The van der Waals surface area contributed by atoms with Crippen molar-refractivity contribution in [2.75, 3.05) is 13.1 Å². The van der Waals surface area contributed by atoms with E-state index in [1.165, 1.54) is 0 Å². The Morgan fingerprint density at radius 2 is 1.68 bits per heavy atom. The number of aliphatic carboxylic acids is 1. The molecule has 1 aliphatic rings. The molecule has 1 unspecified atom stereocenters. The quantitative estimate of drug-likeness (QED) is 0.531. The third-order valence-electron chi connectivity index (χ3n) is 6.00. The fourth-order valence-corrected chi connectivity index (χ4v) is 3.87. The van der Waals surface area contributed by atoms with E-state index >= 15 is 0 Å². The molecule has 1 aliphatic heterocycles. The Bertz CT molecular complexity index is 859. The van der Waals surface area contributed by atoms with E-state index < -0.39 is 35.7 Å². The first-order valence-corrected chi connectivity index (χ1v) is 11.8. The van der Waals surface area contributed by atoms with Crippen molar-refractivity contribution in [1.82, 2.24) is 15.5 Å². The summed E-state index contributed by atoms with van der Waals surface area (Å²) in [4.78, 5) is 51.6. The van der Waals surface area contributed by atoms with E-state index in [4.69, 9.17) is 4.74 Å². The van der Waals surface area contributed by atoms with Crippen molar-refractivity contribution >= 4 is 23.9 Å². The maximum Gasteiger partial charge on any atom is 0.408 e. The smallest absolute Gasteiger partial charge is 0.408 e. The second-order valence-corrected chi connectivity index (χ2v) is 9.80. The number of nitrogens with one attached hydrogen (secondary N) is 2. The van der Waals surface area contributed by atoms with E-state index in [9.17, 15) is 24.3 Å². The van der Waals surface area contributed by atoms with Crippen LogP contribution in [0.1, 0.15) is 65.5 Å². The van der Waals surface area contributed by atoms with E-state index in [-0.39, 0.29) is 17.7 Å². The fraction of sp³-hybridized carbons (Fsp3) is 0.600. The van der Waals surface area contributed by atoms with Gasteiger partial charge in [-0.15, -0.1) is 0 Å². The highest BCUT2D eigenvalue weighted by Crippen LogP contribution is 2.22. The van der Waals surface area contributed by atoms with Crippen molar-refractivity contribution in [2.45, 2.75) is 71.6 Å². The number of amides is 3. The maximum atomic E-state index is 13.2. The predicted octanol–water partition coefficient (Wildman–Crippen LogP) is 3.11. The number of alkyl carbamates (subject to hydrolysis) is 1. The zero-order valence-corrected chi connectivity index (χ0v) is 20.7. The van der Waals surface area contributed by atoms with Gasteiger partial charge in [0.15, 0.2) is 6.04 Å². The lowest BCUT2D eigenvalue weighted by Gasteiger charge is -2.35. The lowest BCUT2D eigenvalue weighted by molar-refractivity contribution is -0.143. The van der Waals surface area contributed by atoms with Crippen LogP contribution < -0.4 is 10.6 Å². The largest absolute Gasteiger partial charge is 0.479 e. The molecule has 0 spiro atoms. The number of likely N-dealkylation sites (tertiary alicyclic amines) is 1. The molecule has 3 atom stereocenters. The van der Waals surface area contributed by atoms with Crippen molar-refractivity contribution in [2.24, 2.45) is 11.8 Å². The van der Waals surface area contributed by atoms with Crippen LogP contribution in [0.15, 0.2) is 30.3 Å². The Hall–Kier alpha value is -3.10. The van der Waals surface area contributed by atoms with Crippen molar-refractivity contribution in [3.63, 3.8) is 0 Å². The number of carboxylic acid groups (broad SMARTS) is 1. The summed E-state index contributed by atoms with van der Waals surface area (Å²) in [6, 6.07) is 6.70. The van der Waals surface area contributed by atoms with Gasteiger partial charge in [0.2, 0.25) is 11.8 Å². The summed E-state index contributed by atoms with van der Waals surface area (Å²) < 4.78 is 5.32. The molecule has 0 saturated carbocycles. The molecule has 34 heavy (non-hydrogen) atoms. The topological polar surface area (TPSA) is 125 Å². The zero-order valence-electron chi connectivity index (χ0n) is 20.7. The van der Waals surface area contributed by atoms with Crippen LogP contribution in [-0.2, 0) is 19.1 Å². The second-order valence-electron chi connectivity index (χ2n) is 9.80. The van der Waals surface area contributed by atoms with Crippen LogP contribution in [0.4, 0.5) is 4.79 Å². The van der Waals surface area contributed by atoms with Gasteiger partial charge in [-0.1, -0.05) is 50.6 Å². The van der Waals surface area contributed by atoms with Crippen molar-refractivity contribution in [3.8, 4) is 0 Å². The molecule has 188 valence electrons. The highest BCUT2D eigenvalue weighted by molar-refractivity contribution is 5.88. The summed E-state index contributed by atoms with van der Waals surface area (Å²) in [7, 11) is 0. The monoisotopic (exact) mass is 475 g/mol. The molecule has 0 aromatic heterocycles. The third kappa shape index (κ3) is 7.74. The van der Waals surface area contributed by atoms with Crippen LogP contribution in [0.2, 0.25) is 0 Å². The molecule has 0 bridgehead atoms. The molecule has 3 N–H and O–H groups in total. The number of carbonyl (C=O) groups is 4. The van der Waals surface area contributed by atoms with Crippen molar-refractivity contribution < 1.29 is 29.0 Å². The Morgan fingerprint density at radius 3 is 2.18 bits per heavy atom. The lowest BCUT2D eigenvalue weighted by atomic mass is 9.92. The maximum absolute atomic E-state index is 13.2. The van der Waals surface area contributed by atoms with E-state index in [0.29, 0.717) is 37.9 Å². The van der Waals surface area contributed by atoms with E-state index in [0.717, 1.165) is 0 Å². The van der Waals surface area contributed by atoms with Gasteiger partial charge in [-0.25, -0.2) is 9.59 Å². The molecule has 0 aliphatic carbocycles. The van der Waals surface area contributed by atoms with Crippen LogP contribution in [0.25, 0.3) is 0 Å². The van der Waals surface area contributed by atoms with Gasteiger partial charge in [0, 0.05) is 19.0 Å². The number of rotatable bonds is 8. The van der Waals surface area contributed by atoms with Gasteiger partial charge in [0.1, 0.15) is 11.6 Å². The van der Waals surface area contributed by atoms with Gasteiger partial charge in [-0.05, 0) is 45.1 Å². The van der Waals surface area contributed by atoms with Crippen LogP contribution in [0.5, 0.6) is 0 Å². The van der Waals surface area contributed by atoms with Crippen LogP contribution in [0, 0.1) is 11.8 Å². The van der Waals surface area contributed by atoms with E-state index in [2.05, 4.69) is 10.6 Å². The molecule has 1 saturated heterocycles. The Morgan fingerprint density at radius 1 is 1.09 bits per heavy atom. The Labute approximate surface area is 201 Å². The molecule has 9 heteroatoms. The lowest BCUT2D eigenvalue weighted by Crippen LogP contribution is -2.54. The molecule has 9 nitrogen and oxygen atoms in total. The highest BCUT2D eigenvalue weighted by Gasteiger charge is 2.35. The number of carboxylic acids is 1. The Kier molecular flexibility index (Phi) is 9.46. The first kappa shape index (κ1) is 27.1. The SMILES string of the molecule is CCC(C)[C@H](NC(=O)OC(C)(C)C)C(=O)N1CCC(C(=O)N[C@H](C(=O)O)c2ccccc2)CC1. The molecule has 1 aromatic carbocycles. The summed E-state index contributed by atoms with van der Waals surface area (Å²) in [5.41, 5.74) is -0.174. The van der Waals surface area contributed by atoms with Gasteiger partial charge in [0.25, 0.3) is 0 Å². The summed E-state index contributed by atoms with van der Waals surface area (Å²) in [5.74, 6) is -2.16. The van der Waals surface area contributed by atoms with Gasteiger partial charge in [-0.3, -0.25) is 9.59 Å². The standard InChI is InChI=1S/C25H37N3O6/c1-6-16(2)19(27-24(33)34-25(3,4)5)22(30)28-14-12-18(13-15-28)21(29)26-20(23(31)32)17-10-8-7-9-11-17/h7-11,16,18-20H,6,12-15H2,1-5H3,(H,26,29)(H,27,33)(H,31,32)/t16?,19-,20-/m0/s1. The zero-order chi connectivity index (χ0) is 25.5. The second kappa shape index (κ2) is 11.9. The summed E-state index contributed by atoms with van der Waals surface area (Å²) >= 11 is 0. The molecular formula is C25H37N3O6. The number of hydrogen-bond acceptors (Lipinski definition) is 5. The van der Waals surface area contributed by atoms with E-state index in [1.807, 2.05) is 13.8 Å². The fourth-order valence-electron chi connectivity index (χ4n) is 3.87. The number of benzene rings is 1. The van der Waals surface area contributed by atoms with Gasteiger partial charge in [-0.2, -0.15) is 0 Å². The van der Waals surface area contributed by atoms with Gasteiger partial charge < -0.3 is 25.4 Å². The molecule has 1 heterocycles. The number of ether oxygens (including phenoxy) is 1. The average molecular weight is 476 g/mol. The summed E-state index contributed by atoms with van der Waals surface area (Å²) in [6.07, 6.45) is 0.888. The van der Waals surface area contributed by atoms with Crippen LogP contribution >= 0.6 is 0 Å². The highest BCUT2D eigenvalue weighted by atomic mass is 16.6. The molecule has 1 fully saturated rings. The molecule has 0 radical (unpaired) electrons. The first-order valence-electron chi connectivity index (χ1n) is 11.8. The van der Waals surface area contributed by atoms with Gasteiger partial charge in [0.05, 0.1) is 0 Å². The summed E-state index contributed by atoms with van der Waals surface area (Å²) in [6.45, 7) is 9.82. The number of nitrogens with zero attached hydrogens (tertiary/aromatic N) is 1. The predicted molar refractivity (Wildman–Crippen MR) is 127 cm³/mol. The van der Waals surface area contributed by atoms with Crippen LogP contribution in [-0.4, -0.2) is 58.6 Å². The van der Waals surface area contributed by atoms with Crippen LogP contribution in [0.3, 0.4) is 0 Å². The normalized spacial score (nSPS) is 17.3. The Balaban J connectivity index is 1.98. The molecule has 3 amide bonds. The van der Waals surface area contributed by atoms with E-state index in [1.54, 1.807) is 56.0 Å². The minimum Gasteiger partial charge on any atom is -0.479 e. The molecule has 1 aromatic rings. The summed E-state index contributed by atoms with van der Waals surface area (Å²) in [5, 5.41) is 14.9. The molecular weight excluding hydrogens is 438 g/mol. The minimum atomic E-state index is -1.13. The average Bonchev–Trinajstić information content (AvgIpc) is 2.79. The van der Waals surface area contributed by atoms with Gasteiger partial charge >= 0.3 is 12.1 Å². The van der Waals surface area contributed by atoms with Crippen molar-refractivity contribution in [1.29, 1.82) is 0 Å². The van der Waals surface area contributed by atoms with Crippen molar-refractivity contribution in [3.05, 3.63) is 35.9 Å². The third-order valence-corrected chi connectivity index (χ3v) is 6.00. The minimum absolute atomic E-state index is 0.0942. The number of piperidine rings is 1. The number of carbonyl (C=O) groups excluding carboxylic acids is 3. The first-order chi connectivity index (χ1) is 15.9. The number of hydrogen-bond donors (Lipinski definition) is 3.